The average molecular weight is 182 g/mol. The van der Waals surface area contributed by atoms with Crippen molar-refractivity contribution >= 4 is 6.29 Å². The highest BCUT2D eigenvalue weighted by Crippen LogP contribution is 2.42. The maximum absolute atomic E-state index is 11.1. The van der Waals surface area contributed by atoms with Gasteiger partial charge < -0.3 is 9.90 Å². The monoisotopic (exact) mass is 182 g/mol. The van der Waals surface area contributed by atoms with E-state index in [1.807, 2.05) is 13.8 Å². The number of carbonyl (C=O) groups is 1. The van der Waals surface area contributed by atoms with E-state index in [9.17, 15) is 9.90 Å². The molecule has 13 heavy (non-hydrogen) atoms. The first-order valence-electron chi connectivity index (χ1n) is 4.84. The fraction of sp³-hybridized carbons (Fsp3) is 0.727. The van der Waals surface area contributed by atoms with Gasteiger partial charge in [0.1, 0.15) is 6.29 Å². The van der Waals surface area contributed by atoms with Crippen molar-refractivity contribution in [2.24, 2.45) is 11.3 Å². The van der Waals surface area contributed by atoms with Crippen LogP contribution in [0, 0.1) is 11.3 Å². The molecule has 2 nitrogen and oxygen atoms in total. The summed E-state index contributed by atoms with van der Waals surface area (Å²) in [6.45, 7) is 7.83. The minimum Gasteiger partial charge on any atom is -0.392 e. The van der Waals surface area contributed by atoms with E-state index in [4.69, 9.17) is 0 Å². The van der Waals surface area contributed by atoms with Crippen LogP contribution in [0.4, 0.5) is 0 Å². The third-order valence-electron chi connectivity index (χ3n) is 3.31. The van der Waals surface area contributed by atoms with Crippen LogP contribution in [0.3, 0.4) is 0 Å². The first-order valence-corrected chi connectivity index (χ1v) is 4.84. The third-order valence-corrected chi connectivity index (χ3v) is 3.31. The van der Waals surface area contributed by atoms with Gasteiger partial charge in [-0.15, -0.1) is 0 Å². The fourth-order valence-electron chi connectivity index (χ4n) is 2.07. The second-order valence-corrected chi connectivity index (χ2v) is 4.35. The van der Waals surface area contributed by atoms with Crippen molar-refractivity contribution in [2.75, 3.05) is 0 Å². The molecule has 74 valence electrons. The molecule has 1 N–H and O–H groups in total. The molecule has 1 aliphatic carbocycles. The molecule has 1 fully saturated rings. The quantitative estimate of drug-likeness (QED) is 0.523. The second kappa shape index (κ2) is 3.62. The zero-order valence-corrected chi connectivity index (χ0v) is 8.42. The maximum atomic E-state index is 11.1. The van der Waals surface area contributed by atoms with Crippen LogP contribution in [0.2, 0.25) is 0 Å². The molecule has 0 unspecified atom stereocenters. The molecule has 0 saturated heterocycles. The van der Waals surface area contributed by atoms with E-state index in [-0.39, 0.29) is 5.92 Å². The van der Waals surface area contributed by atoms with E-state index in [0.29, 0.717) is 6.42 Å². The van der Waals surface area contributed by atoms with Gasteiger partial charge in [-0.1, -0.05) is 26.0 Å². The van der Waals surface area contributed by atoms with E-state index >= 15 is 0 Å². The normalized spacial score (nSPS) is 35.1. The standard InChI is InChI=1S/C11H18O2/c1-8(2)11(7-12)5-4-9(3)6-10(11)13/h7-8,10,13H,3-6H2,1-2H3/t10-,11+/m0/s1. The molecule has 0 aromatic rings. The predicted molar refractivity (Wildman–Crippen MR) is 52.3 cm³/mol. The molecule has 0 amide bonds. The summed E-state index contributed by atoms with van der Waals surface area (Å²) in [6, 6.07) is 0. The lowest BCUT2D eigenvalue weighted by Gasteiger charge is -2.40. The van der Waals surface area contributed by atoms with Crippen LogP contribution in [-0.2, 0) is 4.79 Å². The summed E-state index contributed by atoms with van der Waals surface area (Å²) in [4.78, 5) is 11.1. The molecule has 2 atom stereocenters. The van der Waals surface area contributed by atoms with Gasteiger partial charge in [0.15, 0.2) is 0 Å². The Kier molecular flexibility index (Phi) is 2.91. The highest BCUT2D eigenvalue weighted by atomic mass is 16.3. The Bertz CT molecular complexity index is 220. The van der Waals surface area contributed by atoms with Crippen LogP contribution in [0.15, 0.2) is 12.2 Å². The molecule has 0 aliphatic heterocycles. The van der Waals surface area contributed by atoms with E-state index in [0.717, 1.165) is 24.7 Å². The summed E-state index contributed by atoms with van der Waals surface area (Å²) >= 11 is 0. The molecule has 1 rings (SSSR count). The first-order chi connectivity index (χ1) is 6.03. The number of hydrogen-bond donors (Lipinski definition) is 1. The van der Waals surface area contributed by atoms with Crippen molar-refractivity contribution in [3.63, 3.8) is 0 Å². The van der Waals surface area contributed by atoms with Gasteiger partial charge in [-0.2, -0.15) is 0 Å². The predicted octanol–water partition coefficient (Wildman–Crippen LogP) is 1.93. The highest BCUT2D eigenvalue weighted by Gasteiger charge is 2.43. The van der Waals surface area contributed by atoms with Crippen LogP contribution in [-0.4, -0.2) is 17.5 Å². The summed E-state index contributed by atoms with van der Waals surface area (Å²) < 4.78 is 0. The average Bonchev–Trinajstić information content (AvgIpc) is 2.04. The molecule has 2 heteroatoms. The van der Waals surface area contributed by atoms with Crippen molar-refractivity contribution in [3.8, 4) is 0 Å². The van der Waals surface area contributed by atoms with Crippen molar-refractivity contribution in [3.05, 3.63) is 12.2 Å². The number of hydrogen-bond acceptors (Lipinski definition) is 2. The maximum Gasteiger partial charge on any atom is 0.129 e. The van der Waals surface area contributed by atoms with Gasteiger partial charge in [0.2, 0.25) is 0 Å². The van der Waals surface area contributed by atoms with Crippen LogP contribution in [0.5, 0.6) is 0 Å². The van der Waals surface area contributed by atoms with Gasteiger partial charge >= 0.3 is 0 Å². The van der Waals surface area contributed by atoms with Crippen molar-refractivity contribution in [2.45, 2.75) is 39.2 Å². The second-order valence-electron chi connectivity index (χ2n) is 4.35. The van der Waals surface area contributed by atoms with Crippen molar-refractivity contribution in [1.82, 2.24) is 0 Å². The summed E-state index contributed by atoms with van der Waals surface area (Å²) in [6.07, 6.45) is 2.60. The fourth-order valence-corrected chi connectivity index (χ4v) is 2.07. The highest BCUT2D eigenvalue weighted by molar-refractivity contribution is 5.61. The summed E-state index contributed by atoms with van der Waals surface area (Å²) in [5.41, 5.74) is 0.534. The van der Waals surface area contributed by atoms with Gasteiger partial charge in [-0.25, -0.2) is 0 Å². The number of aldehydes is 1. The summed E-state index contributed by atoms with van der Waals surface area (Å²) in [5, 5.41) is 9.87. The Hall–Kier alpha value is -0.630. The smallest absolute Gasteiger partial charge is 0.129 e. The van der Waals surface area contributed by atoms with E-state index in [1.165, 1.54) is 0 Å². The molecular weight excluding hydrogens is 164 g/mol. The minimum absolute atomic E-state index is 0.202. The van der Waals surface area contributed by atoms with Crippen LogP contribution >= 0.6 is 0 Å². The molecule has 0 radical (unpaired) electrons. The van der Waals surface area contributed by atoms with Crippen LogP contribution < -0.4 is 0 Å². The lowest BCUT2D eigenvalue weighted by atomic mass is 9.65. The van der Waals surface area contributed by atoms with Crippen LogP contribution in [0.25, 0.3) is 0 Å². The van der Waals surface area contributed by atoms with Gasteiger partial charge in [-0.05, 0) is 25.2 Å². The van der Waals surface area contributed by atoms with Gasteiger partial charge in [-0.3, -0.25) is 0 Å². The summed E-state index contributed by atoms with van der Waals surface area (Å²) in [7, 11) is 0. The van der Waals surface area contributed by atoms with Crippen molar-refractivity contribution in [1.29, 1.82) is 0 Å². The molecule has 1 saturated carbocycles. The molecule has 0 bridgehead atoms. The van der Waals surface area contributed by atoms with Crippen LogP contribution in [0.1, 0.15) is 33.1 Å². The molecule has 1 aliphatic rings. The van der Waals surface area contributed by atoms with E-state index in [2.05, 4.69) is 6.58 Å². The minimum atomic E-state index is -0.536. The Morgan fingerprint density at radius 3 is 2.69 bits per heavy atom. The Morgan fingerprint density at radius 2 is 2.31 bits per heavy atom. The SMILES string of the molecule is C=C1CC[C@@](C=O)(C(C)C)[C@@H](O)C1. The molecule has 0 spiro atoms. The Balaban J connectivity index is 2.87. The lowest BCUT2D eigenvalue weighted by Crippen LogP contribution is -2.44. The largest absolute Gasteiger partial charge is 0.392 e. The third kappa shape index (κ3) is 1.68. The van der Waals surface area contributed by atoms with E-state index < -0.39 is 11.5 Å². The summed E-state index contributed by atoms with van der Waals surface area (Å²) in [5.74, 6) is 0.202. The topological polar surface area (TPSA) is 37.3 Å². The molecule has 0 aromatic carbocycles. The number of carbonyl (C=O) groups excluding carboxylic acids is 1. The zero-order chi connectivity index (χ0) is 10.1. The van der Waals surface area contributed by atoms with E-state index in [1.54, 1.807) is 0 Å². The molecule has 0 aromatic heterocycles. The lowest BCUT2D eigenvalue weighted by molar-refractivity contribution is -0.129. The Morgan fingerprint density at radius 1 is 1.69 bits per heavy atom. The van der Waals surface area contributed by atoms with Gasteiger partial charge in [0.25, 0.3) is 0 Å². The van der Waals surface area contributed by atoms with Crippen molar-refractivity contribution < 1.29 is 9.90 Å². The number of rotatable bonds is 2. The number of aliphatic hydroxyl groups excluding tert-OH is 1. The zero-order valence-electron chi connectivity index (χ0n) is 8.42. The molecule has 0 heterocycles. The Labute approximate surface area is 79.6 Å². The molecular formula is C11H18O2. The van der Waals surface area contributed by atoms with Gasteiger partial charge in [0.05, 0.1) is 11.5 Å². The first kappa shape index (κ1) is 10.5. The van der Waals surface area contributed by atoms with Gasteiger partial charge in [0, 0.05) is 0 Å². The number of aliphatic hydroxyl groups is 1.